The number of carbonyl (C=O) groups is 1. The van der Waals surface area contributed by atoms with Gasteiger partial charge in [0.1, 0.15) is 0 Å². The van der Waals surface area contributed by atoms with E-state index in [1.54, 1.807) is 6.19 Å². The number of nitrogens with zero attached hydrogens (tertiary/aromatic N) is 1. The van der Waals surface area contributed by atoms with Gasteiger partial charge in [0.2, 0.25) is 0 Å². The maximum absolute atomic E-state index is 10.6. The lowest BCUT2D eigenvalue weighted by Gasteiger charge is -2.25. The maximum atomic E-state index is 10.6. The molecule has 4 nitrogen and oxygen atoms in total. The lowest BCUT2D eigenvalue weighted by Crippen LogP contribution is -2.43. The summed E-state index contributed by atoms with van der Waals surface area (Å²) in [5.41, 5.74) is 0. The summed E-state index contributed by atoms with van der Waals surface area (Å²) < 4.78 is 0. The van der Waals surface area contributed by atoms with Crippen molar-refractivity contribution in [2.75, 3.05) is 0 Å². The number of hydrogen-bond acceptors (Lipinski definition) is 2. The summed E-state index contributed by atoms with van der Waals surface area (Å²) in [6, 6.07) is -0.0828. The molecule has 0 aromatic rings. The molecular weight excluding hydrogens is 130 g/mol. The maximum Gasteiger partial charge on any atom is 0.328 e. The van der Waals surface area contributed by atoms with Gasteiger partial charge in [0, 0.05) is 6.04 Å². The lowest BCUT2D eigenvalue weighted by atomic mass is 9.93. The zero-order valence-corrected chi connectivity index (χ0v) is 5.55. The minimum absolute atomic E-state index is 0.299. The van der Waals surface area contributed by atoms with Crippen molar-refractivity contribution in [3.05, 3.63) is 0 Å². The van der Waals surface area contributed by atoms with Crippen LogP contribution in [0.25, 0.3) is 0 Å². The molecule has 0 radical (unpaired) electrons. The topological polar surface area (TPSA) is 64.9 Å². The summed E-state index contributed by atoms with van der Waals surface area (Å²) in [6.07, 6.45) is 4.82. The van der Waals surface area contributed by atoms with E-state index in [1.165, 1.54) is 6.42 Å². The van der Waals surface area contributed by atoms with Gasteiger partial charge in [-0.3, -0.25) is 0 Å². The van der Waals surface area contributed by atoms with Crippen molar-refractivity contribution >= 4 is 6.03 Å². The van der Waals surface area contributed by atoms with Crippen molar-refractivity contribution < 1.29 is 4.79 Å². The first-order valence-electron chi connectivity index (χ1n) is 3.28. The largest absolute Gasteiger partial charge is 0.335 e. The zero-order valence-electron chi connectivity index (χ0n) is 5.55. The quantitative estimate of drug-likeness (QED) is 0.406. The highest BCUT2D eigenvalue weighted by molar-refractivity contribution is 5.75. The highest BCUT2D eigenvalue weighted by atomic mass is 16.2. The van der Waals surface area contributed by atoms with E-state index in [-0.39, 0.29) is 6.03 Å². The molecule has 0 saturated heterocycles. The van der Waals surface area contributed by atoms with E-state index < -0.39 is 0 Å². The molecule has 0 heterocycles. The van der Waals surface area contributed by atoms with Crippen LogP contribution >= 0.6 is 0 Å². The summed E-state index contributed by atoms with van der Waals surface area (Å²) in [5, 5.41) is 12.7. The number of rotatable bonds is 1. The van der Waals surface area contributed by atoms with Gasteiger partial charge in [-0.15, -0.1) is 0 Å². The second kappa shape index (κ2) is 3.06. The van der Waals surface area contributed by atoms with Crippen LogP contribution in [0, 0.1) is 11.5 Å². The summed E-state index contributed by atoms with van der Waals surface area (Å²) in [6.45, 7) is 0. The zero-order chi connectivity index (χ0) is 7.40. The van der Waals surface area contributed by atoms with Crippen LogP contribution < -0.4 is 10.6 Å². The predicted octanol–water partition coefficient (Wildman–Crippen LogP) is 0.319. The fourth-order valence-corrected chi connectivity index (χ4v) is 0.825. The van der Waals surface area contributed by atoms with Gasteiger partial charge >= 0.3 is 6.03 Å². The predicted molar refractivity (Wildman–Crippen MR) is 34.9 cm³/mol. The van der Waals surface area contributed by atoms with Crippen molar-refractivity contribution in [1.29, 1.82) is 5.26 Å². The molecule has 1 rings (SSSR count). The van der Waals surface area contributed by atoms with E-state index in [0.29, 0.717) is 6.04 Å². The Balaban J connectivity index is 2.12. The summed E-state index contributed by atoms with van der Waals surface area (Å²) in [4.78, 5) is 10.6. The Bertz CT molecular complexity index is 168. The molecule has 54 valence electrons. The van der Waals surface area contributed by atoms with Crippen LogP contribution in [0.1, 0.15) is 19.3 Å². The van der Waals surface area contributed by atoms with E-state index >= 15 is 0 Å². The highest BCUT2D eigenvalue weighted by Gasteiger charge is 2.18. The van der Waals surface area contributed by atoms with Gasteiger partial charge in [0.25, 0.3) is 0 Å². The fraction of sp³-hybridized carbons (Fsp3) is 0.667. The fourth-order valence-electron chi connectivity index (χ4n) is 0.825. The minimum atomic E-state index is -0.382. The van der Waals surface area contributed by atoms with Crippen LogP contribution in [0.4, 0.5) is 4.79 Å². The van der Waals surface area contributed by atoms with Crippen LogP contribution in [0.15, 0.2) is 0 Å². The molecule has 1 fully saturated rings. The van der Waals surface area contributed by atoms with Crippen molar-refractivity contribution in [3.8, 4) is 6.19 Å². The molecule has 4 heteroatoms. The van der Waals surface area contributed by atoms with Gasteiger partial charge in [0.05, 0.1) is 0 Å². The number of carbonyl (C=O) groups excluding carboxylic acids is 1. The molecule has 0 aromatic carbocycles. The van der Waals surface area contributed by atoms with Gasteiger partial charge in [-0.1, -0.05) is 0 Å². The average molecular weight is 139 g/mol. The van der Waals surface area contributed by atoms with Crippen LogP contribution in [0.2, 0.25) is 0 Å². The number of urea groups is 1. The first-order valence-corrected chi connectivity index (χ1v) is 3.28. The molecule has 2 amide bonds. The van der Waals surface area contributed by atoms with Crippen molar-refractivity contribution in [1.82, 2.24) is 10.6 Å². The molecule has 0 aromatic heterocycles. The van der Waals surface area contributed by atoms with Gasteiger partial charge in [-0.05, 0) is 19.3 Å². The molecule has 1 aliphatic rings. The van der Waals surface area contributed by atoms with Gasteiger partial charge in [-0.25, -0.2) is 10.1 Å². The molecule has 0 aliphatic heterocycles. The number of amides is 2. The SMILES string of the molecule is N#CNC(=O)NC1CCC1. The van der Waals surface area contributed by atoms with Gasteiger partial charge < -0.3 is 5.32 Å². The Hall–Kier alpha value is -1.24. The molecule has 0 bridgehead atoms. The summed E-state index contributed by atoms with van der Waals surface area (Å²) in [5.74, 6) is 0. The molecule has 1 saturated carbocycles. The molecule has 0 spiro atoms. The standard InChI is InChI=1S/C6H9N3O/c7-4-8-6(10)9-5-2-1-3-5/h5H,1-3H2,(H2,8,9,10). The van der Waals surface area contributed by atoms with E-state index in [2.05, 4.69) is 5.32 Å². The molecule has 10 heavy (non-hydrogen) atoms. The monoisotopic (exact) mass is 139 g/mol. The number of nitrogens with one attached hydrogen (secondary N) is 2. The number of hydrogen-bond donors (Lipinski definition) is 2. The van der Waals surface area contributed by atoms with Crippen molar-refractivity contribution in [2.45, 2.75) is 25.3 Å². The van der Waals surface area contributed by atoms with E-state index in [9.17, 15) is 4.79 Å². The van der Waals surface area contributed by atoms with Crippen LogP contribution in [0.3, 0.4) is 0 Å². The number of nitriles is 1. The average Bonchev–Trinajstić information content (AvgIpc) is 1.80. The summed E-state index contributed by atoms with van der Waals surface area (Å²) >= 11 is 0. The highest BCUT2D eigenvalue weighted by Crippen LogP contribution is 2.17. The third kappa shape index (κ3) is 1.62. The minimum Gasteiger partial charge on any atom is -0.335 e. The second-order valence-corrected chi connectivity index (χ2v) is 2.34. The Morgan fingerprint density at radius 3 is 2.70 bits per heavy atom. The van der Waals surface area contributed by atoms with Gasteiger partial charge in [-0.2, -0.15) is 5.26 Å². The van der Waals surface area contributed by atoms with Crippen LogP contribution in [0.5, 0.6) is 0 Å². The molecule has 2 N–H and O–H groups in total. The normalized spacial score (nSPS) is 16.7. The third-order valence-corrected chi connectivity index (χ3v) is 1.61. The van der Waals surface area contributed by atoms with Crippen LogP contribution in [-0.4, -0.2) is 12.1 Å². The van der Waals surface area contributed by atoms with Crippen molar-refractivity contribution in [2.24, 2.45) is 0 Å². The Labute approximate surface area is 59.2 Å². The van der Waals surface area contributed by atoms with Crippen LogP contribution in [-0.2, 0) is 0 Å². The molecule has 1 aliphatic carbocycles. The Morgan fingerprint density at radius 1 is 1.60 bits per heavy atom. The Kier molecular flexibility index (Phi) is 2.11. The third-order valence-electron chi connectivity index (χ3n) is 1.61. The summed E-state index contributed by atoms with van der Waals surface area (Å²) in [7, 11) is 0. The molecule has 0 atom stereocenters. The smallest absolute Gasteiger partial charge is 0.328 e. The van der Waals surface area contributed by atoms with Gasteiger partial charge in [0.15, 0.2) is 6.19 Å². The first-order chi connectivity index (χ1) is 4.83. The van der Waals surface area contributed by atoms with Crippen molar-refractivity contribution in [3.63, 3.8) is 0 Å². The first kappa shape index (κ1) is 6.87. The Morgan fingerprint density at radius 2 is 2.30 bits per heavy atom. The van der Waals surface area contributed by atoms with E-state index in [1.807, 2.05) is 5.32 Å². The molecular formula is C6H9N3O. The second-order valence-electron chi connectivity index (χ2n) is 2.34. The van der Waals surface area contributed by atoms with E-state index in [4.69, 9.17) is 5.26 Å². The molecule has 0 unspecified atom stereocenters. The van der Waals surface area contributed by atoms with E-state index in [0.717, 1.165) is 12.8 Å². The lowest BCUT2D eigenvalue weighted by molar-refractivity contribution is 0.232.